The number of hydrogen-bond acceptors (Lipinski definition) is 2. The van der Waals surface area contributed by atoms with Gasteiger partial charge in [-0.25, -0.2) is 0 Å². The van der Waals surface area contributed by atoms with Crippen molar-refractivity contribution in [3.8, 4) is 0 Å². The van der Waals surface area contributed by atoms with Crippen molar-refractivity contribution < 1.29 is 5.11 Å². The van der Waals surface area contributed by atoms with Gasteiger partial charge in [0.05, 0.1) is 6.10 Å². The molecule has 0 aromatic carbocycles. The standard InChI is InChI=1S/C18H25BrOS/c1-11-4-13(19)14(21-11)15(20)18-7-12-5-16(2,9-18)8-17(3,6-12)10-18/h4,12,15,20H,5-10H2,1-3H3. The largest absolute Gasteiger partial charge is 0.387 e. The van der Waals surface area contributed by atoms with Crippen LogP contribution in [0.2, 0.25) is 0 Å². The van der Waals surface area contributed by atoms with Crippen LogP contribution in [0.1, 0.15) is 68.2 Å². The van der Waals surface area contributed by atoms with Gasteiger partial charge in [0, 0.05) is 19.6 Å². The highest BCUT2D eigenvalue weighted by molar-refractivity contribution is 9.10. The van der Waals surface area contributed by atoms with Gasteiger partial charge in [-0.15, -0.1) is 11.3 Å². The minimum Gasteiger partial charge on any atom is -0.387 e. The van der Waals surface area contributed by atoms with E-state index in [1.165, 1.54) is 48.3 Å². The fourth-order valence-corrected chi connectivity index (χ4v) is 8.80. The number of aliphatic hydroxyl groups is 1. The average molecular weight is 369 g/mol. The van der Waals surface area contributed by atoms with Crippen LogP contribution < -0.4 is 0 Å². The second-order valence-electron chi connectivity index (χ2n) is 8.96. The predicted octanol–water partition coefficient (Wildman–Crippen LogP) is 5.85. The first-order valence-electron chi connectivity index (χ1n) is 8.17. The molecule has 116 valence electrons. The van der Waals surface area contributed by atoms with Gasteiger partial charge in [0.15, 0.2) is 0 Å². The molecule has 1 heterocycles. The molecule has 1 nitrogen and oxygen atoms in total. The molecule has 0 radical (unpaired) electrons. The molecule has 3 atom stereocenters. The van der Waals surface area contributed by atoms with Crippen molar-refractivity contribution in [2.75, 3.05) is 0 Å². The molecule has 0 saturated heterocycles. The van der Waals surface area contributed by atoms with Gasteiger partial charge in [0.25, 0.3) is 0 Å². The summed E-state index contributed by atoms with van der Waals surface area (Å²) in [6, 6.07) is 2.16. The van der Waals surface area contributed by atoms with Crippen LogP contribution in [0.25, 0.3) is 0 Å². The molecule has 5 rings (SSSR count). The van der Waals surface area contributed by atoms with Crippen molar-refractivity contribution >= 4 is 27.3 Å². The maximum absolute atomic E-state index is 11.3. The Morgan fingerprint density at radius 3 is 2.29 bits per heavy atom. The molecule has 0 spiro atoms. The van der Waals surface area contributed by atoms with Crippen molar-refractivity contribution in [2.45, 2.75) is 65.4 Å². The Morgan fingerprint density at radius 2 is 1.81 bits per heavy atom. The average Bonchev–Trinajstić information content (AvgIpc) is 2.62. The third kappa shape index (κ3) is 2.18. The van der Waals surface area contributed by atoms with Crippen molar-refractivity contribution in [2.24, 2.45) is 22.2 Å². The first kappa shape index (κ1) is 14.7. The zero-order valence-corrected chi connectivity index (χ0v) is 15.6. The first-order chi connectivity index (χ1) is 9.73. The molecule has 4 fully saturated rings. The molecule has 4 aliphatic rings. The maximum atomic E-state index is 11.3. The molecule has 1 N–H and O–H groups in total. The highest BCUT2D eigenvalue weighted by atomic mass is 79.9. The van der Waals surface area contributed by atoms with Crippen LogP contribution >= 0.6 is 27.3 Å². The highest BCUT2D eigenvalue weighted by Crippen LogP contribution is 2.72. The van der Waals surface area contributed by atoms with Crippen molar-refractivity contribution in [3.63, 3.8) is 0 Å². The minimum absolute atomic E-state index is 0.128. The highest BCUT2D eigenvalue weighted by Gasteiger charge is 2.62. The molecule has 4 saturated carbocycles. The van der Waals surface area contributed by atoms with E-state index < -0.39 is 0 Å². The second kappa shape index (κ2) is 4.36. The lowest BCUT2D eigenvalue weighted by atomic mass is 9.39. The van der Waals surface area contributed by atoms with Crippen LogP contribution in [-0.2, 0) is 0 Å². The summed E-state index contributed by atoms with van der Waals surface area (Å²) in [6.07, 6.45) is 7.54. The molecule has 4 aliphatic carbocycles. The Labute approximate surface area is 140 Å². The molecule has 0 amide bonds. The third-order valence-electron chi connectivity index (χ3n) is 6.33. The Hall–Kier alpha value is 0.140. The van der Waals surface area contributed by atoms with Crippen molar-refractivity contribution in [1.29, 1.82) is 0 Å². The Balaban J connectivity index is 1.75. The van der Waals surface area contributed by atoms with Crippen LogP contribution in [0.3, 0.4) is 0 Å². The SMILES string of the molecule is Cc1cc(Br)c(C(O)C23CC4CC(C)(CC(C)(C4)C2)C3)s1. The van der Waals surface area contributed by atoms with Gasteiger partial charge < -0.3 is 5.11 Å². The molecule has 21 heavy (non-hydrogen) atoms. The molecule has 0 aliphatic heterocycles. The van der Waals surface area contributed by atoms with Crippen LogP contribution in [0.15, 0.2) is 10.5 Å². The molecule has 3 heteroatoms. The summed E-state index contributed by atoms with van der Waals surface area (Å²) in [7, 11) is 0. The molecule has 4 bridgehead atoms. The fourth-order valence-electron chi connectivity index (χ4n) is 6.81. The summed E-state index contributed by atoms with van der Waals surface area (Å²) < 4.78 is 1.11. The molecular formula is C18H25BrOS. The monoisotopic (exact) mass is 368 g/mol. The van der Waals surface area contributed by atoms with E-state index in [2.05, 4.69) is 42.8 Å². The third-order valence-corrected chi connectivity index (χ3v) is 8.36. The number of halogens is 1. The minimum atomic E-state index is -0.285. The van der Waals surface area contributed by atoms with Gasteiger partial charge in [0.2, 0.25) is 0 Å². The van der Waals surface area contributed by atoms with Gasteiger partial charge in [0.1, 0.15) is 0 Å². The lowest BCUT2D eigenvalue weighted by Crippen LogP contribution is -2.56. The Morgan fingerprint density at radius 1 is 1.19 bits per heavy atom. The smallest absolute Gasteiger partial charge is 0.0949 e. The van der Waals surface area contributed by atoms with E-state index in [1.807, 2.05) is 0 Å². The number of rotatable bonds is 2. The van der Waals surface area contributed by atoms with E-state index >= 15 is 0 Å². The lowest BCUT2D eigenvalue weighted by molar-refractivity contribution is -0.186. The summed E-state index contributed by atoms with van der Waals surface area (Å²) in [4.78, 5) is 2.46. The molecule has 1 aromatic heterocycles. The molecule has 3 unspecified atom stereocenters. The van der Waals surface area contributed by atoms with Crippen LogP contribution in [-0.4, -0.2) is 5.11 Å². The Bertz CT molecular complexity index is 574. The van der Waals surface area contributed by atoms with Gasteiger partial charge in [-0.2, -0.15) is 0 Å². The fraction of sp³-hybridized carbons (Fsp3) is 0.778. The van der Waals surface area contributed by atoms with E-state index in [0.717, 1.165) is 10.4 Å². The van der Waals surface area contributed by atoms with Crippen LogP contribution in [0, 0.1) is 29.1 Å². The number of aryl methyl sites for hydroxylation is 1. The van der Waals surface area contributed by atoms with Gasteiger partial charge in [-0.3, -0.25) is 0 Å². The summed E-state index contributed by atoms with van der Waals surface area (Å²) in [5.41, 5.74) is 1.06. The number of aliphatic hydroxyl groups excluding tert-OH is 1. The van der Waals surface area contributed by atoms with E-state index in [0.29, 0.717) is 10.8 Å². The normalized spacial score (nSPS) is 46.0. The van der Waals surface area contributed by atoms with Gasteiger partial charge in [-0.05, 0) is 84.2 Å². The van der Waals surface area contributed by atoms with E-state index in [1.54, 1.807) is 11.3 Å². The Kier molecular flexibility index (Phi) is 3.05. The quantitative estimate of drug-likeness (QED) is 0.693. The molecule has 1 aromatic rings. The summed E-state index contributed by atoms with van der Waals surface area (Å²) in [5, 5.41) is 11.3. The lowest BCUT2D eigenvalue weighted by Gasteiger charge is -2.66. The summed E-state index contributed by atoms with van der Waals surface area (Å²) in [5.74, 6) is 0.839. The predicted molar refractivity (Wildman–Crippen MR) is 91.6 cm³/mol. The zero-order chi connectivity index (χ0) is 15.0. The number of hydrogen-bond donors (Lipinski definition) is 1. The maximum Gasteiger partial charge on any atom is 0.0949 e. The summed E-state index contributed by atoms with van der Waals surface area (Å²) >= 11 is 5.45. The van der Waals surface area contributed by atoms with Crippen molar-refractivity contribution in [1.82, 2.24) is 0 Å². The van der Waals surface area contributed by atoms with Gasteiger partial charge in [-0.1, -0.05) is 13.8 Å². The van der Waals surface area contributed by atoms with Crippen LogP contribution in [0.4, 0.5) is 0 Å². The second-order valence-corrected chi connectivity index (χ2v) is 11.1. The van der Waals surface area contributed by atoms with Gasteiger partial charge >= 0.3 is 0 Å². The molecular weight excluding hydrogens is 344 g/mol. The van der Waals surface area contributed by atoms with E-state index in [9.17, 15) is 5.11 Å². The first-order valence-corrected chi connectivity index (χ1v) is 9.78. The number of thiophene rings is 1. The van der Waals surface area contributed by atoms with Crippen molar-refractivity contribution in [3.05, 3.63) is 20.3 Å². The summed E-state index contributed by atoms with van der Waals surface area (Å²) in [6.45, 7) is 7.09. The zero-order valence-electron chi connectivity index (χ0n) is 13.2. The van der Waals surface area contributed by atoms with Crippen LogP contribution in [0.5, 0.6) is 0 Å². The van der Waals surface area contributed by atoms with E-state index in [4.69, 9.17) is 0 Å². The van der Waals surface area contributed by atoms with E-state index in [-0.39, 0.29) is 11.5 Å². The topological polar surface area (TPSA) is 20.2 Å².